The molecule has 2 fully saturated rings. The van der Waals surface area contributed by atoms with Gasteiger partial charge in [-0.2, -0.15) is 0 Å². The summed E-state index contributed by atoms with van der Waals surface area (Å²) >= 11 is 0. The van der Waals surface area contributed by atoms with Gasteiger partial charge in [-0.25, -0.2) is 0 Å². The summed E-state index contributed by atoms with van der Waals surface area (Å²) in [6.07, 6.45) is 7.61. The van der Waals surface area contributed by atoms with Crippen LogP contribution in [-0.2, 0) is 4.74 Å². The maximum Gasteiger partial charge on any atom is 0.123 e. The molecule has 1 heterocycles. The molecule has 0 atom stereocenters. The highest BCUT2D eigenvalue weighted by atomic mass is 16.5. The summed E-state index contributed by atoms with van der Waals surface area (Å²) in [4.78, 5) is 0. The molecule has 0 spiro atoms. The monoisotopic (exact) mass is 332 g/mol. The van der Waals surface area contributed by atoms with Gasteiger partial charge in [-0.3, -0.25) is 0 Å². The van der Waals surface area contributed by atoms with E-state index in [1.807, 2.05) is 6.07 Å². The van der Waals surface area contributed by atoms with E-state index >= 15 is 0 Å². The summed E-state index contributed by atoms with van der Waals surface area (Å²) in [6, 6.07) is 6.27. The molecule has 0 aromatic heterocycles. The summed E-state index contributed by atoms with van der Waals surface area (Å²) in [5, 5.41) is 0. The van der Waals surface area contributed by atoms with Crippen molar-refractivity contribution in [2.75, 3.05) is 26.4 Å². The molecule has 3 rings (SSSR count). The lowest BCUT2D eigenvalue weighted by atomic mass is 9.84. The molecule has 3 nitrogen and oxygen atoms in total. The number of rotatable bonds is 8. The molecule has 1 saturated heterocycles. The van der Waals surface area contributed by atoms with Crippen LogP contribution in [0.3, 0.4) is 0 Å². The van der Waals surface area contributed by atoms with Crippen LogP contribution in [0, 0.1) is 17.8 Å². The SMILES string of the molecule is CCC1(COc2cc(C)cc(OCC3(CC)COC3)c2)CCCC1. The Kier molecular flexibility index (Phi) is 5.39. The van der Waals surface area contributed by atoms with E-state index in [0.29, 0.717) is 5.41 Å². The Morgan fingerprint density at radius 1 is 0.875 bits per heavy atom. The first-order valence-electron chi connectivity index (χ1n) is 9.54. The van der Waals surface area contributed by atoms with Gasteiger partial charge in [-0.15, -0.1) is 0 Å². The summed E-state index contributed by atoms with van der Waals surface area (Å²) in [6.45, 7) is 9.81. The second-order valence-corrected chi connectivity index (χ2v) is 7.97. The molecule has 1 aliphatic heterocycles. The van der Waals surface area contributed by atoms with E-state index in [9.17, 15) is 0 Å². The molecule has 1 saturated carbocycles. The number of aryl methyl sites for hydroxylation is 1. The molecule has 0 amide bonds. The van der Waals surface area contributed by atoms with E-state index in [0.717, 1.165) is 44.3 Å². The predicted molar refractivity (Wildman–Crippen MR) is 96.9 cm³/mol. The molecule has 0 bridgehead atoms. The van der Waals surface area contributed by atoms with Crippen LogP contribution in [0.25, 0.3) is 0 Å². The second kappa shape index (κ2) is 7.35. The zero-order valence-electron chi connectivity index (χ0n) is 15.5. The van der Waals surface area contributed by atoms with Gasteiger partial charge in [-0.05, 0) is 50.3 Å². The minimum atomic E-state index is 0.209. The molecule has 134 valence electrons. The molecule has 2 aliphatic rings. The summed E-state index contributed by atoms with van der Waals surface area (Å²) in [5.41, 5.74) is 1.79. The lowest BCUT2D eigenvalue weighted by molar-refractivity contribution is -0.133. The molecule has 1 aromatic rings. The van der Waals surface area contributed by atoms with E-state index in [1.165, 1.54) is 37.7 Å². The van der Waals surface area contributed by atoms with Crippen molar-refractivity contribution >= 4 is 0 Å². The smallest absolute Gasteiger partial charge is 0.123 e. The van der Waals surface area contributed by atoms with Crippen LogP contribution in [0.1, 0.15) is 57.9 Å². The van der Waals surface area contributed by atoms with Gasteiger partial charge < -0.3 is 14.2 Å². The van der Waals surface area contributed by atoms with E-state index in [-0.39, 0.29) is 5.41 Å². The van der Waals surface area contributed by atoms with Crippen molar-refractivity contribution in [2.45, 2.75) is 59.3 Å². The zero-order chi connectivity index (χ0) is 17.0. The highest BCUT2D eigenvalue weighted by molar-refractivity contribution is 5.38. The van der Waals surface area contributed by atoms with Crippen LogP contribution in [0.5, 0.6) is 11.5 Å². The topological polar surface area (TPSA) is 27.7 Å². The third-order valence-electron chi connectivity index (χ3n) is 6.10. The molecule has 1 aliphatic carbocycles. The van der Waals surface area contributed by atoms with Crippen molar-refractivity contribution in [2.24, 2.45) is 10.8 Å². The average Bonchev–Trinajstić information content (AvgIpc) is 3.02. The van der Waals surface area contributed by atoms with Crippen molar-refractivity contribution in [3.8, 4) is 11.5 Å². The van der Waals surface area contributed by atoms with Crippen LogP contribution in [0.15, 0.2) is 18.2 Å². The van der Waals surface area contributed by atoms with Gasteiger partial charge in [0.05, 0.1) is 31.8 Å². The van der Waals surface area contributed by atoms with Crippen molar-refractivity contribution in [3.63, 3.8) is 0 Å². The number of ether oxygens (including phenoxy) is 3. The third-order valence-corrected chi connectivity index (χ3v) is 6.10. The van der Waals surface area contributed by atoms with Gasteiger partial charge in [0.1, 0.15) is 11.5 Å². The first kappa shape index (κ1) is 17.6. The normalized spacial score (nSPS) is 21.3. The second-order valence-electron chi connectivity index (χ2n) is 7.97. The Labute approximate surface area is 146 Å². The number of hydrogen-bond donors (Lipinski definition) is 0. The first-order valence-corrected chi connectivity index (χ1v) is 9.54. The van der Waals surface area contributed by atoms with Crippen LogP contribution < -0.4 is 9.47 Å². The zero-order valence-corrected chi connectivity index (χ0v) is 15.5. The molecular formula is C21H32O3. The van der Waals surface area contributed by atoms with Crippen molar-refractivity contribution in [1.29, 1.82) is 0 Å². The molecule has 24 heavy (non-hydrogen) atoms. The minimum absolute atomic E-state index is 0.209. The van der Waals surface area contributed by atoms with E-state index < -0.39 is 0 Å². The van der Waals surface area contributed by atoms with Gasteiger partial charge >= 0.3 is 0 Å². The van der Waals surface area contributed by atoms with E-state index in [2.05, 4.69) is 32.9 Å². The predicted octanol–water partition coefficient (Wildman–Crippen LogP) is 5.15. The fourth-order valence-electron chi connectivity index (χ4n) is 3.86. The standard InChI is InChI=1S/C21H32O3/c1-4-20(8-6-7-9-20)15-23-18-10-17(3)11-19(12-18)24-16-21(5-2)13-22-14-21/h10-12H,4-9,13-16H2,1-3H3. The van der Waals surface area contributed by atoms with Gasteiger partial charge in [0, 0.05) is 11.5 Å². The lowest BCUT2D eigenvalue weighted by Crippen LogP contribution is -2.46. The van der Waals surface area contributed by atoms with Crippen LogP contribution >= 0.6 is 0 Å². The Bertz CT molecular complexity index is 537. The van der Waals surface area contributed by atoms with Gasteiger partial charge in [0.2, 0.25) is 0 Å². The van der Waals surface area contributed by atoms with Crippen LogP contribution in [0.2, 0.25) is 0 Å². The Balaban J connectivity index is 1.61. The van der Waals surface area contributed by atoms with Gasteiger partial charge in [-0.1, -0.05) is 26.7 Å². The summed E-state index contributed by atoms with van der Waals surface area (Å²) < 4.78 is 17.7. The Morgan fingerprint density at radius 3 is 1.88 bits per heavy atom. The highest BCUT2D eigenvalue weighted by Gasteiger charge is 2.37. The van der Waals surface area contributed by atoms with Crippen molar-refractivity contribution < 1.29 is 14.2 Å². The summed E-state index contributed by atoms with van der Waals surface area (Å²) in [5.74, 6) is 1.86. The molecule has 0 N–H and O–H groups in total. The van der Waals surface area contributed by atoms with E-state index in [4.69, 9.17) is 14.2 Å². The van der Waals surface area contributed by atoms with Crippen LogP contribution in [0.4, 0.5) is 0 Å². The number of hydrogen-bond acceptors (Lipinski definition) is 3. The highest BCUT2D eigenvalue weighted by Crippen LogP contribution is 2.41. The minimum Gasteiger partial charge on any atom is -0.493 e. The Hall–Kier alpha value is -1.22. The quantitative estimate of drug-likeness (QED) is 0.659. The molecule has 1 aromatic carbocycles. The van der Waals surface area contributed by atoms with Crippen molar-refractivity contribution in [3.05, 3.63) is 23.8 Å². The first-order chi connectivity index (χ1) is 11.6. The largest absolute Gasteiger partial charge is 0.493 e. The van der Waals surface area contributed by atoms with E-state index in [1.54, 1.807) is 0 Å². The summed E-state index contributed by atoms with van der Waals surface area (Å²) in [7, 11) is 0. The average molecular weight is 332 g/mol. The fourth-order valence-corrected chi connectivity index (χ4v) is 3.86. The lowest BCUT2D eigenvalue weighted by Gasteiger charge is -2.40. The maximum absolute atomic E-state index is 6.20. The van der Waals surface area contributed by atoms with Gasteiger partial charge in [0.25, 0.3) is 0 Å². The molecular weight excluding hydrogens is 300 g/mol. The maximum atomic E-state index is 6.20. The molecule has 3 heteroatoms. The van der Waals surface area contributed by atoms with Crippen LogP contribution in [-0.4, -0.2) is 26.4 Å². The third kappa shape index (κ3) is 3.88. The Morgan fingerprint density at radius 2 is 1.42 bits per heavy atom. The fraction of sp³-hybridized carbons (Fsp3) is 0.714. The molecule has 0 radical (unpaired) electrons. The number of benzene rings is 1. The molecule has 0 unspecified atom stereocenters. The van der Waals surface area contributed by atoms with Crippen molar-refractivity contribution in [1.82, 2.24) is 0 Å². The van der Waals surface area contributed by atoms with Gasteiger partial charge in [0.15, 0.2) is 0 Å².